The molecule has 1 aromatic rings. The van der Waals surface area contributed by atoms with Crippen molar-refractivity contribution in [2.75, 3.05) is 14.2 Å². The highest BCUT2D eigenvalue weighted by atomic mass is 16.5. The number of nitrogens with zero attached hydrogens (tertiary/aromatic N) is 1. The molecule has 0 radical (unpaired) electrons. The summed E-state index contributed by atoms with van der Waals surface area (Å²) in [4.78, 5) is 4.51. The van der Waals surface area contributed by atoms with Gasteiger partial charge < -0.3 is 14.8 Å². The van der Waals surface area contributed by atoms with Crippen molar-refractivity contribution in [2.24, 2.45) is 0 Å². The van der Waals surface area contributed by atoms with Crippen LogP contribution in [0.5, 0.6) is 5.75 Å². The van der Waals surface area contributed by atoms with Crippen molar-refractivity contribution in [1.29, 1.82) is 0 Å². The van der Waals surface area contributed by atoms with Crippen LogP contribution in [0.2, 0.25) is 0 Å². The van der Waals surface area contributed by atoms with E-state index in [9.17, 15) is 0 Å². The Kier molecular flexibility index (Phi) is 4.77. The summed E-state index contributed by atoms with van der Waals surface area (Å²) < 4.78 is 10.9. The predicted octanol–water partition coefficient (Wildman–Crippen LogP) is 2.36. The molecule has 1 aliphatic rings. The van der Waals surface area contributed by atoms with E-state index in [1.165, 1.54) is 12.8 Å². The molecular formula is C15H24N2O2. The highest BCUT2D eigenvalue weighted by molar-refractivity contribution is 5.41. The SMILES string of the molecule is COc1c(C)cnc(CNC2CCCC2OC)c1C. The fraction of sp³-hybridized carbons (Fsp3) is 0.667. The van der Waals surface area contributed by atoms with E-state index in [4.69, 9.17) is 9.47 Å². The summed E-state index contributed by atoms with van der Waals surface area (Å²) in [7, 11) is 3.51. The van der Waals surface area contributed by atoms with Gasteiger partial charge in [-0.2, -0.15) is 0 Å². The number of nitrogens with one attached hydrogen (secondary N) is 1. The number of aromatic nitrogens is 1. The van der Waals surface area contributed by atoms with Gasteiger partial charge in [0.25, 0.3) is 0 Å². The predicted molar refractivity (Wildman–Crippen MR) is 75.5 cm³/mol. The average Bonchev–Trinajstić information content (AvgIpc) is 2.86. The Morgan fingerprint density at radius 2 is 2.11 bits per heavy atom. The monoisotopic (exact) mass is 264 g/mol. The maximum atomic E-state index is 5.50. The Morgan fingerprint density at radius 3 is 2.79 bits per heavy atom. The lowest BCUT2D eigenvalue weighted by Crippen LogP contribution is -2.36. The summed E-state index contributed by atoms with van der Waals surface area (Å²) in [6.45, 7) is 4.86. The molecular weight excluding hydrogens is 240 g/mol. The lowest BCUT2D eigenvalue weighted by Gasteiger charge is -2.20. The molecule has 1 saturated carbocycles. The first-order valence-corrected chi connectivity index (χ1v) is 6.92. The Bertz CT molecular complexity index is 434. The molecule has 19 heavy (non-hydrogen) atoms. The van der Waals surface area contributed by atoms with E-state index < -0.39 is 0 Å². The van der Waals surface area contributed by atoms with Crippen LogP contribution in [0.1, 0.15) is 36.1 Å². The third-order valence-corrected chi connectivity index (χ3v) is 4.04. The normalized spacial score (nSPS) is 22.7. The zero-order valence-corrected chi connectivity index (χ0v) is 12.3. The molecule has 1 heterocycles. The van der Waals surface area contributed by atoms with Crippen LogP contribution in [-0.2, 0) is 11.3 Å². The van der Waals surface area contributed by atoms with Gasteiger partial charge in [0.15, 0.2) is 0 Å². The summed E-state index contributed by atoms with van der Waals surface area (Å²) >= 11 is 0. The van der Waals surface area contributed by atoms with Gasteiger partial charge in [0.05, 0.1) is 18.9 Å². The molecule has 0 saturated heterocycles. The smallest absolute Gasteiger partial charge is 0.128 e. The van der Waals surface area contributed by atoms with Crippen LogP contribution < -0.4 is 10.1 Å². The number of methoxy groups -OCH3 is 2. The molecule has 0 aromatic carbocycles. The van der Waals surface area contributed by atoms with Gasteiger partial charge in [-0.25, -0.2) is 0 Å². The maximum absolute atomic E-state index is 5.50. The van der Waals surface area contributed by atoms with Crippen LogP contribution in [0.15, 0.2) is 6.20 Å². The highest BCUT2D eigenvalue weighted by Crippen LogP contribution is 2.25. The highest BCUT2D eigenvalue weighted by Gasteiger charge is 2.26. The van der Waals surface area contributed by atoms with Crippen molar-refractivity contribution in [3.63, 3.8) is 0 Å². The van der Waals surface area contributed by atoms with Gasteiger partial charge in [-0.1, -0.05) is 0 Å². The van der Waals surface area contributed by atoms with Crippen molar-refractivity contribution >= 4 is 0 Å². The fourth-order valence-electron chi connectivity index (χ4n) is 2.92. The van der Waals surface area contributed by atoms with Gasteiger partial charge in [-0.05, 0) is 33.1 Å². The summed E-state index contributed by atoms with van der Waals surface area (Å²) in [5.41, 5.74) is 3.27. The molecule has 1 aromatic heterocycles. The van der Waals surface area contributed by atoms with Crippen molar-refractivity contribution < 1.29 is 9.47 Å². The molecule has 106 valence electrons. The first-order chi connectivity index (χ1) is 9.17. The van der Waals surface area contributed by atoms with Gasteiger partial charge in [0, 0.05) is 37.0 Å². The van der Waals surface area contributed by atoms with E-state index in [-0.39, 0.29) is 0 Å². The van der Waals surface area contributed by atoms with Crippen molar-refractivity contribution in [2.45, 2.75) is 51.8 Å². The minimum Gasteiger partial charge on any atom is -0.496 e. The van der Waals surface area contributed by atoms with E-state index in [2.05, 4.69) is 17.2 Å². The van der Waals surface area contributed by atoms with Crippen LogP contribution in [-0.4, -0.2) is 31.3 Å². The van der Waals surface area contributed by atoms with Crippen LogP contribution in [0.3, 0.4) is 0 Å². The third kappa shape index (κ3) is 3.07. The molecule has 2 unspecified atom stereocenters. The van der Waals surface area contributed by atoms with Crippen molar-refractivity contribution in [1.82, 2.24) is 10.3 Å². The number of rotatable bonds is 5. The second kappa shape index (κ2) is 6.35. The molecule has 4 nitrogen and oxygen atoms in total. The van der Waals surface area contributed by atoms with E-state index >= 15 is 0 Å². The van der Waals surface area contributed by atoms with E-state index in [0.717, 1.165) is 35.5 Å². The quantitative estimate of drug-likeness (QED) is 0.886. The maximum Gasteiger partial charge on any atom is 0.128 e. The molecule has 0 bridgehead atoms. The lowest BCUT2D eigenvalue weighted by molar-refractivity contribution is 0.0846. The second-order valence-corrected chi connectivity index (χ2v) is 5.24. The first-order valence-electron chi connectivity index (χ1n) is 6.92. The molecule has 1 fully saturated rings. The van der Waals surface area contributed by atoms with Crippen LogP contribution >= 0.6 is 0 Å². The molecule has 2 rings (SSSR count). The van der Waals surface area contributed by atoms with Crippen LogP contribution in [0, 0.1) is 13.8 Å². The van der Waals surface area contributed by atoms with Gasteiger partial charge in [-0.15, -0.1) is 0 Å². The summed E-state index contributed by atoms with van der Waals surface area (Å²) in [5.74, 6) is 0.946. The Morgan fingerprint density at radius 1 is 1.32 bits per heavy atom. The molecule has 1 N–H and O–H groups in total. The number of pyridine rings is 1. The zero-order chi connectivity index (χ0) is 13.8. The minimum atomic E-state index is 0.340. The van der Waals surface area contributed by atoms with Gasteiger partial charge >= 0.3 is 0 Å². The van der Waals surface area contributed by atoms with Crippen molar-refractivity contribution in [3.8, 4) is 5.75 Å². The molecule has 1 aliphatic carbocycles. The summed E-state index contributed by atoms with van der Waals surface area (Å²) in [5, 5.41) is 3.57. The molecule has 4 heteroatoms. The Labute approximate surface area is 115 Å². The molecule has 0 aliphatic heterocycles. The summed E-state index contributed by atoms with van der Waals surface area (Å²) in [6, 6.07) is 0.443. The number of ether oxygens (including phenoxy) is 2. The fourth-order valence-corrected chi connectivity index (χ4v) is 2.92. The van der Waals surface area contributed by atoms with E-state index in [1.54, 1.807) is 14.2 Å². The molecule has 2 atom stereocenters. The lowest BCUT2D eigenvalue weighted by atomic mass is 10.1. The summed E-state index contributed by atoms with van der Waals surface area (Å²) in [6.07, 6.45) is 5.79. The topological polar surface area (TPSA) is 43.4 Å². The largest absolute Gasteiger partial charge is 0.496 e. The number of aryl methyl sites for hydroxylation is 1. The van der Waals surface area contributed by atoms with Gasteiger partial charge in [0.1, 0.15) is 5.75 Å². The zero-order valence-electron chi connectivity index (χ0n) is 12.3. The number of hydrogen-bond donors (Lipinski definition) is 1. The van der Waals surface area contributed by atoms with Gasteiger partial charge in [-0.3, -0.25) is 4.98 Å². The Balaban J connectivity index is 2.03. The number of hydrogen-bond acceptors (Lipinski definition) is 4. The first kappa shape index (κ1) is 14.3. The second-order valence-electron chi connectivity index (χ2n) is 5.24. The molecule has 0 spiro atoms. The third-order valence-electron chi connectivity index (χ3n) is 4.04. The average molecular weight is 264 g/mol. The van der Waals surface area contributed by atoms with E-state index in [0.29, 0.717) is 12.1 Å². The molecule has 0 amide bonds. The standard InChI is InChI=1S/C15H24N2O2/c1-10-8-16-13(11(2)15(10)19-4)9-17-12-6-5-7-14(12)18-3/h8,12,14,17H,5-7,9H2,1-4H3. The Hall–Kier alpha value is -1.13. The van der Waals surface area contributed by atoms with Crippen LogP contribution in [0.25, 0.3) is 0 Å². The van der Waals surface area contributed by atoms with Crippen LogP contribution in [0.4, 0.5) is 0 Å². The van der Waals surface area contributed by atoms with E-state index in [1.807, 2.05) is 13.1 Å². The van der Waals surface area contributed by atoms with Gasteiger partial charge in [0.2, 0.25) is 0 Å². The van der Waals surface area contributed by atoms with Crippen molar-refractivity contribution in [3.05, 3.63) is 23.0 Å². The minimum absolute atomic E-state index is 0.340.